The molecule has 0 radical (unpaired) electrons. The summed E-state index contributed by atoms with van der Waals surface area (Å²) < 4.78 is 60.4. The number of nitrogen functional groups attached to an aromatic ring is 1. The predicted octanol–water partition coefficient (Wildman–Crippen LogP) is 3.67. The molecule has 4 rings (SSSR count). The van der Waals surface area contributed by atoms with E-state index in [1.54, 1.807) is 24.3 Å². The molecular formula is C19H13F3N5O2S-. The van der Waals surface area contributed by atoms with Gasteiger partial charge in [0.05, 0.1) is 28.5 Å². The Morgan fingerprint density at radius 2 is 1.83 bits per heavy atom. The van der Waals surface area contributed by atoms with E-state index in [9.17, 15) is 21.9 Å². The van der Waals surface area contributed by atoms with Crippen LogP contribution in [0.25, 0.3) is 33.8 Å². The Balaban J connectivity index is 1.72. The summed E-state index contributed by atoms with van der Waals surface area (Å²) in [6.07, 6.45) is -3.02. The molecular weight excluding hydrogens is 419 g/mol. The third kappa shape index (κ3) is 4.02. The van der Waals surface area contributed by atoms with Crippen molar-refractivity contribution in [2.24, 2.45) is 0 Å². The Morgan fingerprint density at radius 3 is 2.50 bits per heavy atom. The summed E-state index contributed by atoms with van der Waals surface area (Å²) in [4.78, 5) is 15.6. The van der Waals surface area contributed by atoms with Crippen LogP contribution in [0.1, 0.15) is 11.1 Å². The minimum atomic E-state index is -4.47. The third-order valence-corrected chi connectivity index (χ3v) is 4.94. The van der Waals surface area contributed by atoms with E-state index in [4.69, 9.17) is 5.73 Å². The molecule has 0 aliphatic carbocycles. The van der Waals surface area contributed by atoms with Crippen LogP contribution < -0.4 is 5.73 Å². The second-order valence-electron chi connectivity index (χ2n) is 6.45. The average Bonchev–Trinajstić information content (AvgIpc) is 3.11. The highest BCUT2D eigenvalue weighted by molar-refractivity contribution is 7.78. The summed E-state index contributed by atoms with van der Waals surface area (Å²) in [6.45, 7) is 0. The van der Waals surface area contributed by atoms with Crippen molar-refractivity contribution < 1.29 is 21.9 Å². The Labute approximate surface area is 170 Å². The first-order valence-corrected chi connectivity index (χ1v) is 9.80. The van der Waals surface area contributed by atoms with Gasteiger partial charge in [0.25, 0.3) is 0 Å². The number of fused-ring (bicyclic) bond motifs is 1. The first-order valence-electron chi connectivity index (χ1n) is 8.56. The van der Waals surface area contributed by atoms with Crippen LogP contribution in [-0.2, 0) is 23.0 Å². The van der Waals surface area contributed by atoms with E-state index < -0.39 is 22.8 Å². The van der Waals surface area contributed by atoms with Crippen molar-refractivity contribution in [3.63, 3.8) is 0 Å². The Morgan fingerprint density at radius 1 is 1.10 bits per heavy atom. The molecule has 0 bridgehead atoms. The number of nitrogens with one attached hydrogen (secondary N) is 1. The van der Waals surface area contributed by atoms with Crippen LogP contribution in [0.2, 0.25) is 0 Å². The number of aromatic nitrogens is 4. The van der Waals surface area contributed by atoms with Gasteiger partial charge in [-0.2, -0.15) is 13.2 Å². The van der Waals surface area contributed by atoms with Gasteiger partial charge in [-0.1, -0.05) is 35.3 Å². The van der Waals surface area contributed by atoms with Gasteiger partial charge in [0.15, 0.2) is 11.6 Å². The average molecular weight is 432 g/mol. The van der Waals surface area contributed by atoms with Crippen molar-refractivity contribution in [1.82, 2.24) is 19.9 Å². The van der Waals surface area contributed by atoms with Crippen molar-refractivity contribution >= 4 is 27.9 Å². The van der Waals surface area contributed by atoms with E-state index in [1.807, 2.05) is 0 Å². The molecule has 4 aromatic rings. The predicted molar refractivity (Wildman–Crippen MR) is 105 cm³/mol. The van der Waals surface area contributed by atoms with Gasteiger partial charge in [0.2, 0.25) is 0 Å². The number of rotatable bonds is 4. The van der Waals surface area contributed by atoms with Crippen LogP contribution in [0.4, 0.5) is 19.0 Å². The van der Waals surface area contributed by atoms with E-state index in [2.05, 4.69) is 19.9 Å². The Hall–Kier alpha value is -3.31. The molecule has 0 fully saturated rings. The molecule has 0 amide bonds. The molecule has 3 N–H and O–H groups in total. The van der Waals surface area contributed by atoms with Crippen LogP contribution >= 0.6 is 0 Å². The summed E-state index contributed by atoms with van der Waals surface area (Å²) in [7, 11) is 0. The van der Waals surface area contributed by atoms with Gasteiger partial charge in [-0.3, -0.25) is 4.21 Å². The molecule has 0 saturated carbocycles. The summed E-state index contributed by atoms with van der Waals surface area (Å²) >= 11 is -2.19. The van der Waals surface area contributed by atoms with Crippen molar-refractivity contribution in [1.29, 1.82) is 0 Å². The lowest BCUT2D eigenvalue weighted by molar-refractivity contribution is -0.137. The van der Waals surface area contributed by atoms with Crippen LogP contribution in [0.5, 0.6) is 0 Å². The number of hydrogen-bond donors (Lipinski definition) is 2. The topological polar surface area (TPSA) is 121 Å². The number of aromatic amines is 1. The quantitative estimate of drug-likeness (QED) is 0.475. The highest BCUT2D eigenvalue weighted by atomic mass is 32.2. The standard InChI is InChI=1S/C19H14F3N5O2S/c20-19(21,22)12-5-6-13-14(7-12)27-18(26-13)16-17(23)24-8-15(25-16)11-3-1-10(2-4-11)9-30(28)29/h1-8H,9H2,(H2,23,24)(H,26,27)(H,28,29)/p-1. The highest BCUT2D eigenvalue weighted by Gasteiger charge is 2.30. The Kier molecular flexibility index (Phi) is 5.00. The largest absolute Gasteiger partial charge is 0.772 e. The number of benzene rings is 2. The lowest BCUT2D eigenvalue weighted by atomic mass is 10.1. The molecule has 1 unspecified atom stereocenters. The molecule has 0 spiro atoms. The monoisotopic (exact) mass is 432 g/mol. The molecule has 0 aliphatic rings. The van der Waals surface area contributed by atoms with E-state index in [-0.39, 0.29) is 28.6 Å². The number of hydrogen-bond acceptors (Lipinski definition) is 6. The summed E-state index contributed by atoms with van der Waals surface area (Å²) in [6, 6.07) is 9.89. The minimum absolute atomic E-state index is 0.0622. The smallest absolute Gasteiger partial charge is 0.416 e. The summed E-state index contributed by atoms with van der Waals surface area (Å²) in [5.41, 5.74) is 7.58. The summed E-state index contributed by atoms with van der Waals surface area (Å²) in [5.74, 6) is 0.152. The molecule has 2 heterocycles. The zero-order chi connectivity index (χ0) is 21.5. The number of anilines is 1. The van der Waals surface area contributed by atoms with Gasteiger partial charge in [0, 0.05) is 11.3 Å². The maximum Gasteiger partial charge on any atom is 0.416 e. The molecule has 154 valence electrons. The fourth-order valence-electron chi connectivity index (χ4n) is 2.92. The van der Waals surface area contributed by atoms with E-state index in [0.717, 1.165) is 12.1 Å². The van der Waals surface area contributed by atoms with Gasteiger partial charge in [-0.25, -0.2) is 15.0 Å². The normalized spacial score (nSPS) is 12.9. The first kappa shape index (κ1) is 20.0. The number of halogens is 3. The van der Waals surface area contributed by atoms with Crippen LogP contribution in [0.3, 0.4) is 0 Å². The van der Waals surface area contributed by atoms with Crippen molar-refractivity contribution in [2.75, 3.05) is 5.73 Å². The van der Waals surface area contributed by atoms with Crippen molar-refractivity contribution in [3.8, 4) is 22.8 Å². The second kappa shape index (κ2) is 7.50. The molecule has 0 saturated heterocycles. The van der Waals surface area contributed by atoms with Crippen LogP contribution in [-0.4, -0.2) is 28.7 Å². The molecule has 30 heavy (non-hydrogen) atoms. The second-order valence-corrected chi connectivity index (χ2v) is 7.35. The van der Waals surface area contributed by atoms with Gasteiger partial charge in [-0.15, -0.1) is 0 Å². The zero-order valence-electron chi connectivity index (χ0n) is 15.1. The highest BCUT2D eigenvalue weighted by Crippen LogP contribution is 2.32. The molecule has 2 aromatic carbocycles. The first-order chi connectivity index (χ1) is 14.2. The SMILES string of the molecule is Nc1ncc(-c2ccc(CS(=O)[O-])cc2)nc1-c1nc2ccc(C(F)(F)F)cc2[nH]1. The van der Waals surface area contributed by atoms with Gasteiger partial charge < -0.3 is 15.3 Å². The number of H-pyrrole nitrogens is 1. The van der Waals surface area contributed by atoms with Gasteiger partial charge >= 0.3 is 6.18 Å². The van der Waals surface area contributed by atoms with Gasteiger partial charge in [0.1, 0.15) is 5.69 Å². The van der Waals surface area contributed by atoms with Crippen LogP contribution in [0, 0.1) is 0 Å². The summed E-state index contributed by atoms with van der Waals surface area (Å²) in [5, 5.41) is 0. The fraction of sp³-hybridized carbons (Fsp3) is 0.105. The number of nitrogens with zero attached hydrogens (tertiary/aromatic N) is 3. The Bertz CT molecular complexity index is 1260. The molecule has 11 heteroatoms. The number of nitrogens with two attached hydrogens (primary N) is 1. The van der Waals surface area contributed by atoms with E-state index in [1.165, 1.54) is 12.3 Å². The zero-order valence-corrected chi connectivity index (χ0v) is 15.9. The maximum atomic E-state index is 12.9. The molecule has 1 atom stereocenters. The molecule has 0 aliphatic heterocycles. The van der Waals surface area contributed by atoms with Crippen LogP contribution in [0.15, 0.2) is 48.7 Å². The number of imidazole rings is 1. The molecule has 2 aromatic heterocycles. The maximum absolute atomic E-state index is 12.9. The third-order valence-electron chi connectivity index (χ3n) is 4.37. The lowest BCUT2D eigenvalue weighted by Gasteiger charge is -2.08. The number of alkyl halides is 3. The van der Waals surface area contributed by atoms with Crippen molar-refractivity contribution in [2.45, 2.75) is 11.9 Å². The minimum Gasteiger partial charge on any atom is -0.772 e. The van der Waals surface area contributed by atoms with E-state index in [0.29, 0.717) is 22.3 Å². The van der Waals surface area contributed by atoms with Gasteiger partial charge in [-0.05, 0) is 23.8 Å². The van der Waals surface area contributed by atoms with Crippen molar-refractivity contribution in [3.05, 3.63) is 59.8 Å². The lowest BCUT2D eigenvalue weighted by Crippen LogP contribution is -2.04. The molecule has 7 nitrogen and oxygen atoms in total. The van der Waals surface area contributed by atoms with E-state index >= 15 is 0 Å². The fourth-order valence-corrected chi connectivity index (χ4v) is 3.38.